The van der Waals surface area contributed by atoms with Crippen molar-refractivity contribution < 1.29 is 5.11 Å². The molecule has 0 amide bonds. The Balaban J connectivity index is 1.32. The molecule has 2 heterocycles. The molecular weight excluding hydrogens is 432 g/mol. The lowest BCUT2D eigenvalue weighted by atomic mass is 9.52. The fraction of sp³-hybridized carbons (Fsp3) is 0.500. The van der Waals surface area contributed by atoms with E-state index in [1.165, 1.54) is 12.8 Å². The molecular formula is C26H30N4O2S. The number of nitrogens with zero attached hydrogens (tertiary/aromatic N) is 1. The van der Waals surface area contributed by atoms with Crippen molar-refractivity contribution in [1.82, 2.24) is 9.55 Å². The molecule has 0 aliphatic heterocycles. The zero-order valence-electron chi connectivity index (χ0n) is 19.0. The number of nitrogens with one attached hydrogen (secondary N) is 3. The van der Waals surface area contributed by atoms with Gasteiger partial charge in [0.25, 0.3) is 5.56 Å². The molecule has 0 saturated heterocycles. The largest absolute Gasteiger partial charge is 0.390 e. The molecule has 33 heavy (non-hydrogen) atoms. The van der Waals surface area contributed by atoms with Crippen molar-refractivity contribution in [3.63, 3.8) is 0 Å². The Hall–Kier alpha value is -2.38. The van der Waals surface area contributed by atoms with Crippen molar-refractivity contribution in [2.75, 3.05) is 16.3 Å². The Bertz CT molecular complexity index is 1350. The van der Waals surface area contributed by atoms with Crippen LogP contribution in [0, 0.1) is 23.2 Å². The molecule has 3 bridgehead atoms. The van der Waals surface area contributed by atoms with Crippen LogP contribution in [0.5, 0.6) is 0 Å². The van der Waals surface area contributed by atoms with Crippen molar-refractivity contribution >= 4 is 34.2 Å². The van der Waals surface area contributed by atoms with Crippen LogP contribution in [0.25, 0.3) is 22.0 Å². The first kappa shape index (κ1) is 20.0. The number of rotatable bonds is 5. The molecule has 4 aliphatic rings. The summed E-state index contributed by atoms with van der Waals surface area (Å²) in [5, 5.41) is 16.1. The topological polar surface area (TPSA) is 82.1 Å². The maximum atomic E-state index is 12.7. The minimum absolute atomic E-state index is 0.0141. The number of hydrogen-bond acceptors (Lipinski definition) is 5. The van der Waals surface area contributed by atoms with Gasteiger partial charge in [0.2, 0.25) is 0 Å². The van der Waals surface area contributed by atoms with E-state index >= 15 is 0 Å². The predicted octanol–water partition coefficient (Wildman–Crippen LogP) is 4.58. The second-order valence-corrected chi connectivity index (χ2v) is 11.6. The normalized spacial score (nSPS) is 35.6. The highest BCUT2D eigenvalue weighted by molar-refractivity contribution is 7.99. The Morgan fingerprint density at radius 3 is 2.91 bits per heavy atom. The van der Waals surface area contributed by atoms with E-state index in [9.17, 15) is 9.90 Å². The molecule has 7 rings (SSSR count). The van der Waals surface area contributed by atoms with Crippen molar-refractivity contribution in [3.05, 3.63) is 47.0 Å². The van der Waals surface area contributed by atoms with Crippen LogP contribution in [0.15, 0.2) is 41.5 Å². The number of benzene rings is 1. The number of pyridine rings is 1. The van der Waals surface area contributed by atoms with Crippen LogP contribution >= 0.6 is 11.9 Å². The van der Waals surface area contributed by atoms with Crippen molar-refractivity contribution in [3.8, 4) is 11.1 Å². The van der Waals surface area contributed by atoms with E-state index in [1.54, 1.807) is 16.5 Å². The average molecular weight is 463 g/mol. The highest BCUT2D eigenvalue weighted by atomic mass is 32.2. The SMILES string of the molecule is CSNc1ccc(NC2C3CC4CC5(O)CC2C3(C4)C5)c(-c2cn(C)c(=O)c3[nH]ccc23)c1. The number of H-pyrrole nitrogens is 1. The van der Waals surface area contributed by atoms with E-state index < -0.39 is 5.60 Å². The molecule has 6 unspecified atom stereocenters. The van der Waals surface area contributed by atoms with Gasteiger partial charge in [-0.3, -0.25) is 4.79 Å². The number of fused-ring (bicyclic) bond motifs is 3. The van der Waals surface area contributed by atoms with Crippen LogP contribution in [0.1, 0.15) is 32.1 Å². The van der Waals surface area contributed by atoms with Gasteiger partial charge < -0.3 is 24.7 Å². The zero-order chi connectivity index (χ0) is 22.5. The number of aromatic amines is 1. The van der Waals surface area contributed by atoms with Crippen LogP contribution in [0.4, 0.5) is 11.4 Å². The summed E-state index contributed by atoms with van der Waals surface area (Å²) < 4.78 is 5.03. The van der Waals surface area contributed by atoms with Crippen molar-refractivity contribution in [1.29, 1.82) is 0 Å². The van der Waals surface area contributed by atoms with Crippen LogP contribution < -0.4 is 15.6 Å². The lowest BCUT2D eigenvalue weighted by molar-refractivity contribution is -0.0329. The van der Waals surface area contributed by atoms with Crippen LogP contribution in [0.2, 0.25) is 0 Å². The second-order valence-electron chi connectivity index (χ2n) is 11.0. The molecule has 1 spiro atoms. The van der Waals surface area contributed by atoms with Gasteiger partial charge in [-0.2, -0.15) is 0 Å². The Morgan fingerprint density at radius 1 is 1.18 bits per heavy atom. The van der Waals surface area contributed by atoms with E-state index in [2.05, 4.69) is 33.2 Å². The van der Waals surface area contributed by atoms with Gasteiger partial charge >= 0.3 is 0 Å². The first-order valence-corrected chi connectivity index (χ1v) is 13.2. The highest BCUT2D eigenvalue weighted by Gasteiger charge is 2.74. The van der Waals surface area contributed by atoms with Gasteiger partial charge in [0.15, 0.2) is 0 Å². The quantitative estimate of drug-likeness (QED) is 0.418. The number of aromatic nitrogens is 2. The molecule has 6 nitrogen and oxygen atoms in total. The number of anilines is 2. The standard InChI is InChI=1S/C26H30N4O2S/c1-30-12-18(16-5-6-27-22(16)24(30)31)17-8-15(29-33-2)3-4-21(17)28-23-19-7-14-9-25(32)11-20(23)26(19,10-14)13-25/h3-6,8,12,14,19-20,23,27-29,32H,7,9-11,13H2,1-2H3. The third-order valence-corrected chi connectivity index (χ3v) is 9.71. The van der Waals surface area contributed by atoms with E-state index in [0.29, 0.717) is 34.7 Å². The van der Waals surface area contributed by atoms with Gasteiger partial charge in [0.05, 0.1) is 5.60 Å². The third kappa shape index (κ3) is 2.63. The Kier molecular flexibility index (Phi) is 4.01. The molecule has 4 saturated carbocycles. The van der Waals surface area contributed by atoms with Gasteiger partial charge in [-0.15, -0.1) is 0 Å². The minimum Gasteiger partial charge on any atom is -0.390 e. The first-order valence-electron chi connectivity index (χ1n) is 12.0. The third-order valence-electron chi connectivity index (χ3n) is 9.27. The van der Waals surface area contributed by atoms with Gasteiger partial charge in [-0.1, -0.05) is 11.9 Å². The number of aliphatic hydroxyl groups is 1. The molecule has 6 atom stereocenters. The maximum Gasteiger partial charge on any atom is 0.274 e. The fourth-order valence-electron chi connectivity index (χ4n) is 8.36. The van der Waals surface area contributed by atoms with Crippen molar-refractivity contribution in [2.45, 2.75) is 43.7 Å². The van der Waals surface area contributed by atoms with Crippen LogP contribution in [-0.4, -0.2) is 32.6 Å². The van der Waals surface area contributed by atoms with Crippen LogP contribution in [0.3, 0.4) is 0 Å². The molecule has 4 N–H and O–H groups in total. The molecule has 1 aromatic carbocycles. The number of hydrogen-bond donors (Lipinski definition) is 4. The summed E-state index contributed by atoms with van der Waals surface area (Å²) >= 11 is 1.57. The lowest BCUT2D eigenvalue weighted by Gasteiger charge is -2.56. The monoisotopic (exact) mass is 462 g/mol. The van der Waals surface area contributed by atoms with Crippen molar-refractivity contribution in [2.24, 2.45) is 30.2 Å². The van der Waals surface area contributed by atoms with Gasteiger partial charge in [-0.25, -0.2) is 0 Å². The van der Waals surface area contributed by atoms with E-state index in [1.807, 2.05) is 31.8 Å². The molecule has 2 aromatic heterocycles. The molecule has 4 aliphatic carbocycles. The molecule has 172 valence electrons. The predicted molar refractivity (Wildman–Crippen MR) is 134 cm³/mol. The molecule has 7 heteroatoms. The summed E-state index contributed by atoms with van der Waals surface area (Å²) in [6.07, 6.45) is 11.4. The molecule has 0 radical (unpaired) electrons. The summed E-state index contributed by atoms with van der Waals surface area (Å²) in [7, 11) is 1.81. The summed E-state index contributed by atoms with van der Waals surface area (Å²) in [5.41, 5.74) is 4.88. The van der Waals surface area contributed by atoms with Gasteiger partial charge in [-0.05, 0) is 79.5 Å². The van der Waals surface area contributed by atoms with Gasteiger partial charge in [0.1, 0.15) is 5.52 Å². The van der Waals surface area contributed by atoms with Gasteiger partial charge in [0, 0.05) is 59.6 Å². The summed E-state index contributed by atoms with van der Waals surface area (Å²) in [5.74, 6) is 1.92. The highest BCUT2D eigenvalue weighted by Crippen LogP contribution is 2.76. The summed E-state index contributed by atoms with van der Waals surface area (Å²) in [6, 6.07) is 8.90. The van der Waals surface area contributed by atoms with E-state index in [-0.39, 0.29) is 5.56 Å². The lowest BCUT2D eigenvalue weighted by Crippen LogP contribution is -2.58. The molecule has 4 fully saturated rings. The maximum absolute atomic E-state index is 12.7. The minimum atomic E-state index is -0.428. The number of aryl methyl sites for hydroxylation is 1. The molecule has 3 aromatic rings. The summed E-state index contributed by atoms with van der Waals surface area (Å²) in [6.45, 7) is 0. The smallest absolute Gasteiger partial charge is 0.274 e. The average Bonchev–Trinajstić information content (AvgIpc) is 3.41. The van der Waals surface area contributed by atoms with E-state index in [4.69, 9.17) is 0 Å². The van der Waals surface area contributed by atoms with Crippen LogP contribution in [-0.2, 0) is 7.05 Å². The first-order chi connectivity index (χ1) is 15.9. The Morgan fingerprint density at radius 2 is 2.06 bits per heavy atom. The Labute approximate surface area is 197 Å². The summed E-state index contributed by atoms with van der Waals surface area (Å²) in [4.78, 5) is 15.8. The zero-order valence-corrected chi connectivity index (χ0v) is 19.8. The van der Waals surface area contributed by atoms with E-state index in [0.717, 1.165) is 47.2 Å². The fourth-order valence-corrected chi connectivity index (χ4v) is 8.72. The second kappa shape index (κ2) is 6.60.